The second-order valence-corrected chi connectivity index (χ2v) is 18.4. The van der Waals surface area contributed by atoms with E-state index in [0.29, 0.717) is 0 Å². The van der Waals surface area contributed by atoms with Crippen molar-refractivity contribution in [1.29, 1.82) is 0 Å². The van der Waals surface area contributed by atoms with Gasteiger partial charge in [-0.2, -0.15) is 0 Å². The summed E-state index contributed by atoms with van der Waals surface area (Å²) < 4.78 is 9.23. The number of para-hydroxylation sites is 4. The van der Waals surface area contributed by atoms with Crippen LogP contribution in [0.25, 0.3) is 60.5 Å². The van der Waals surface area contributed by atoms with Gasteiger partial charge in [-0.1, -0.05) is 166 Å². The first-order chi connectivity index (χ1) is 32.0. The molecule has 2 heterocycles. The van der Waals surface area contributed by atoms with E-state index in [-0.39, 0.29) is 5.41 Å². The minimum Gasteiger partial charge on any atom is -0.457 e. The maximum atomic E-state index is 6.81. The maximum Gasteiger partial charge on any atom is 0.132 e. The summed E-state index contributed by atoms with van der Waals surface area (Å²) in [4.78, 5) is 2.50. The Morgan fingerprint density at radius 3 is 1.69 bits per heavy atom. The summed E-state index contributed by atoms with van der Waals surface area (Å²) >= 11 is 0. The minimum atomic E-state index is -0.665. The Bertz CT molecular complexity index is 3750. The van der Waals surface area contributed by atoms with E-state index >= 15 is 0 Å². The highest BCUT2D eigenvalue weighted by Gasteiger charge is 2.49. The second-order valence-electron chi connectivity index (χ2n) is 18.4. The smallest absolute Gasteiger partial charge is 0.132 e. The number of benzene rings is 10. The van der Waals surface area contributed by atoms with Gasteiger partial charge < -0.3 is 14.2 Å². The fraction of sp³-hybridized carbons (Fsp3) is 0.0645. The molecule has 0 amide bonds. The predicted octanol–water partition coefficient (Wildman–Crippen LogP) is 16.2. The molecule has 0 bridgehead atoms. The fourth-order valence-corrected chi connectivity index (χ4v) is 12.0. The van der Waals surface area contributed by atoms with E-state index in [1.54, 1.807) is 0 Å². The SMILES string of the molecule is CC1(C)c2ccccc2-c2ccc(N(c3ccc4c(c3)C3(c5ccccc5Oc5ccccc53)c3cccc5cccc-4c35)c3ccc4c5ccccc5n(-c5ccccc5)c4c3)cc21. The Hall–Kier alpha value is -8.14. The Morgan fingerprint density at radius 1 is 0.385 bits per heavy atom. The first-order valence-corrected chi connectivity index (χ1v) is 22.7. The monoisotopic (exact) mass is 830 g/mol. The molecule has 3 heteroatoms. The van der Waals surface area contributed by atoms with Gasteiger partial charge in [0.25, 0.3) is 0 Å². The van der Waals surface area contributed by atoms with Crippen LogP contribution in [-0.2, 0) is 10.8 Å². The van der Waals surface area contributed by atoms with Crippen LogP contribution in [0.2, 0.25) is 0 Å². The van der Waals surface area contributed by atoms with Crippen LogP contribution in [0.5, 0.6) is 11.5 Å². The average molecular weight is 831 g/mol. The highest BCUT2D eigenvalue weighted by Crippen LogP contribution is 2.62. The number of aromatic nitrogens is 1. The zero-order chi connectivity index (χ0) is 43.0. The van der Waals surface area contributed by atoms with E-state index in [1.807, 2.05) is 0 Å². The van der Waals surface area contributed by atoms with Crippen molar-refractivity contribution >= 4 is 49.6 Å². The van der Waals surface area contributed by atoms with E-state index in [4.69, 9.17) is 4.74 Å². The fourth-order valence-electron chi connectivity index (χ4n) is 12.0. The number of rotatable bonds is 4. The van der Waals surface area contributed by atoms with E-state index in [9.17, 15) is 0 Å². The van der Waals surface area contributed by atoms with Gasteiger partial charge in [0.1, 0.15) is 11.5 Å². The van der Waals surface area contributed by atoms with Crippen LogP contribution < -0.4 is 9.64 Å². The number of fused-ring (bicyclic) bond motifs is 14. The highest BCUT2D eigenvalue weighted by molar-refractivity contribution is 6.11. The van der Waals surface area contributed by atoms with Crippen molar-refractivity contribution in [3.05, 3.63) is 252 Å². The van der Waals surface area contributed by atoms with Crippen molar-refractivity contribution in [3.8, 4) is 39.4 Å². The summed E-state index contributed by atoms with van der Waals surface area (Å²) in [6, 6.07) is 80.9. The lowest BCUT2D eigenvalue weighted by Gasteiger charge is -2.45. The van der Waals surface area contributed by atoms with Gasteiger partial charge in [-0.15, -0.1) is 0 Å². The molecule has 0 N–H and O–H groups in total. The van der Waals surface area contributed by atoms with Crippen LogP contribution >= 0.6 is 0 Å². The van der Waals surface area contributed by atoms with Gasteiger partial charge in [0, 0.05) is 50.1 Å². The van der Waals surface area contributed by atoms with Gasteiger partial charge in [-0.05, 0) is 122 Å². The Balaban J connectivity index is 1.08. The molecule has 2 aliphatic carbocycles. The Morgan fingerprint density at radius 2 is 0.923 bits per heavy atom. The normalized spacial score (nSPS) is 14.4. The molecule has 0 saturated carbocycles. The molecule has 0 saturated heterocycles. The third-order valence-corrected chi connectivity index (χ3v) is 14.8. The van der Waals surface area contributed by atoms with Gasteiger partial charge in [-0.25, -0.2) is 0 Å². The van der Waals surface area contributed by atoms with Crippen LogP contribution in [0.15, 0.2) is 218 Å². The molecular formula is C62H42N2O. The van der Waals surface area contributed by atoms with E-state index in [0.717, 1.165) is 50.9 Å². The summed E-state index contributed by atoms with van der Waals surface area (Å²) in [6.07, 6.45) is 0. The number of hydrogen-bond acceptors (Lipinski definition) is 2. The van der Waals surface area contributed by atoms with Crippen molar-refractivity contribution < 1.29 is 4.74 Å². The van der Waals surface area contributed by atoms with Crippen molar-refractivity contribution in [1.82, 2.24) is 4.57 Å². The molecule has 3 aliphatic rings. The molecule has 0 fully saturated rings. The number of ether oxygens (including phenoxy) is 1. The molecule has 1 aliphatic heterocycles. The van der Waals surface area contributed by atoms with E-state index in [1.165, 1.54) is 71.6 Å². The molecule has 0 radical (unpaired) electrons. The van der Waals surface area contributed by atoms with Crippen LogP contribution in [0.4, 0.5) is 17.1 Å². The molecule has 1 aromatic heterocycles. The lowest BCUT2D eigenvalue weighted by Crippen LogP contribution is -2.36. The van der Waals surface area contributed by atoms with Gasteiger partial charge in [0.2, 0.25) is 0 Å². The van der Waals surface area contributed by atoms with Crippen molar-refractivity contribution in [2.75, 3.05) is 4.90 Å². The molecule has 306 valence electrons. The molecule has 0 atom stereocenters. The van der Waals surface area contributed by atoms with Gasteiger partial charge >= 0.3 is 0 Å². The highest BCUT2D eigenvalue weighted by atomic mass is 16.5. The number of nitrogens with zero attached hydrogens (tertiary/aromatic N) is 2. The third kappa shape index (κ3) is 4.85. The third-order valence-electron chi connectivity index (χ3n) is 14.8. The molecular weight excluding hydrogens is 789 g/mol. The quantitative estimate of drug-likeness (QED) is 0.176. The molecule has 65 heavy (non-hydrogen) atoms. The molecule has 10 aromatic carbocycles. The number of hydrogen-bond donors (Lipinski definition) is 0. The number of anilines is 3. The molecule has 14 rings (SSSR count). The lowest BCUT2D eigenvalue weighted by atomic mass is 9.58. The summed E-state index contributed by atoms with van der Waals surface area (Å²) in [7, 11) is 0. The zero-order valence-electron chi connectivity index (χ0n) is 36.1. The lowest BCUT2D eigenvalue weighted by molar-refractivity contribution is 0.435. The van der Waals surface area contributed by atoms with Crippen LogP contribution in [0.1, 0.15) is 47.2 Å². The van der Waals surface area contributed by atoms with Crippen LogP contribution in [0.3, 0.4) is 0 Å². The Kier molecular flexibility index (Phi) is 7.38. The van der Waals surface area contributed by atoms with Crippen LogP contribution in [-0.4, -0.2) is 4.57 Å². The predicted molar refractivity (Wildman–Crippen MR) is 268 cm³/mol. The topological polar surface area (TPSA) is 17.4 Å². The van der Waals surface area contributed by atoms with Gasteiger partial charge in [0.15, 0.2) is 0 Å². The van der Waals surface area contributed by atoms with Gasteiger partial charge in [-0.3, -0.25) is 0 Å². The summed E-state index contributed by atoms with van der Waals surface area (Å²) in [5.74, 6) is 1.77. The minimum absolute atomic E-state index is 0.172. The Labute approximate surface area is 378 Å². The largest absolute Gasteiger partial charge is 0.457 e. The summed E-state index contributed by atoms with van der Waals surface area (Å²) in [5.41, 5.74) is 18.6. The standard InChI is InChI=1S/C62H42N2O/c1-61(2)50-23-8-6-20-44(50)45-33-30-41(36-54(45)61)63(43-32-35-48-47-21-7-11-27-56(47)64(57(48)38-43)40-18-4-3-5-19-40)42-31-34-46-49-22-14-16-39-17-15-26-53(60(39)49)62(55(46)37-42)51-24-9-12-28-58(51)65-59-29-13-10-25-52(59)62/h3-38H,1-2H3. The maximum absolute atomic E-state index is 6.81. The molecule has 3 nitrogen and oxygen atoms in total. The first kappa shape index (κ1) is 36.4. The van der Waals surface area contributed by atoms with E-state index < -0.39 is 5.41 Å². The van der Waals surface area contributed by atoms with E-state index in [2.05, 4.69) is 242 Å². The van der Waals surface area contributed by atoms with Gasteiger partial charge in [0.05, 0.1) is 16.4 Å². The molecule has 0 unspecified atom stereocenters. The first-order valence-electron chi connectivity index (χ1n) is 22.7. The van der Waals surface area contributed by atoms with Crippen LogP contribution in [0, 0.1) is 0 Å². The summed E-state index contributed by atoms with van der Waals surface area (Å²) in [5, 5.41) is 4.99. The van der Waals surface area contributed by atoms with Crippen molar-refractivity contribution in [2.45, 2.75) is 24.7 Å². The second kappa shape index (κ2) is 13.2. The molecule has 1 spiro atoms. The van der Waals surface area contributed by atoms with Crippen molar-refractivity contribution in [3.63, 3.8) is 0 Å². The molecule has 11 aromatic rings. The summed E-state index contributed by atoms with van der Waals surface area (Å²) in [6.45, 7) is 4.74. The van der Waals surface area contributed by atoms with Crippen molar-refractivity contribution in [2.24, 2.45) is 0 Å². The average Bonchev–Trinajstić information content (AvgIpc) is 3.80. The zero-order valence-corrected chi connectivity index (χ0v) is 36.1.